The molecular formula is C12H15NOS. The minimum Gasteiger partial charge on any atom is -0.391 e. The second-order valence-corrected chi connectivity index (χ2v) is 5.62. The highest BCUT2D eigenvalue weighted by Gasteiger charge is 2.28. The Labute approximate surface area is 94.9 Å². The first-order valence-corrected chi connectivity index (χ1v) is 5.67. The zero-order valence-electron chi connectivity index (χ0n) is 8.97. The Hall–Kier alpha value is -0.980. The van der Waals surface area contributed by atoms with Crippen molar-refractivity contribution >= 4 is 11.8 Å². The molecule has 0 aliphatic heterocycles. The number of benzene rings is 1. The van der Waals surface area contributed by atoms with Crippen molar-refractivity contribution in [2.24, 2.45) is 0 Å². The second-order valence-electron chi connectivity index (χ2n) is 3.90. The van der Waals surface area contributed by atoms with Crippen LogP contribution in [0.2, 0.25) is 0 Å². The molecule has 1 unspecified atom stereocenters. The predicted octanol–water partition coefficient (Wildman–Crippen LogP) is 2.83. The smallest absolute Gasteiger partial charge is 0.0814 e. The van der Waals surface area contributed by atoms with Crippen LogP contribution in [-0.4, -0.2) is 16.0 Å². The molecular weight excluding hydrogens is 206 g/mol. The van der Waals surface area contributed by atoms with Gasteiger partial charge < -0.3 is 5.11 Å². The van der Waals surface area contributed by atoms with Crippen LogP contribution in [0.5, 0.6) is 0 Å². The van der Waals surface area contributed by atoms with E-state index in [2.05, 4.69) is 0 Å². The van der Waals surface area contributed by atoms with Crippen LogP contribution >= 0.6 is 11.8 Å². The Morgan fingerprint density at radius 1 is 1.40 bits per heavy atom. The van der Waals surface area contributed by atoms with E-state index in [9.17, 15) is 5.11 Å². The molecule has 1 N–H and O–H groups in total. The van der Waals surface area contributed by atoms with Gasteiger partial charge in [0.1, 0.15) is 0 Å². The third-order valence-electron chi connectivity index (χ3n) is 2.21. The summed E-state index contributed by atoms with van der Waals surface area (Å²) in [4.78, 5) is 1.11. The Kier molecular flexibility index (Phi) is 4.19. The molecule has 0 saturated carbocycles. The summed E-state index contributed by atoms with van der Waals surface area (Å²) in [5, 5.41) is 18.3. The summed E-state index contributed by atoms with van der Waals surface area (Å²) in [6, 6.07) is 11.9. The van der Waals surface area contributed by atoms with Crippen LogP contribution in [0, 0.1) is 11.3 Å². The minimum atomic E-state index is -0.604. The van der Waals surface area contributed by atoms with Crippen LogP contribution in [0.3, 0.4) is 0 Å². The fraction of sp³-hybridized carbons (Fsp3) is 0.417. The average Bonchev–Trinajstić information content (AvgIpc) is 2.19. The van der Waals surface area contributed by atoms with Crippen molar-refractivity contribution in [3.8, 4) is 6.07 Å². The first-order valence-electron chi connectivity index (χ1n) is 4.85. The lowest BCUT2D eigenvalue weighted by molar-refractivity contribution is 0.147. The fourth-order valence-corrected chi connectivity index (χ4v) is 2.31. The minimum absolute atomic E-state index is 0.173. The molecule has 0 aliphatic carbocycles. The summed E-state index contributed by atoms with van der Waals surface area (Å²) in [6.07, 6.45) is -0.431. The Bertz CT molecular complexity index is 342. The highest BCUT2D eigenvalue weighted by atomic mass is 32.2. The van der Waals surface area contributed by atoms with Gasteiger partial charge in [0.15, 0.2) is 0 Å². The molecule has 15 heavy (non-hydrogen) atoms. The molecule has 0 heterocycles. The summed E-state index contributed by atoms with van der Waals surface area (Å²) >= 11 is 1.59. The van der Waals surface area contributed by atoms with E-state index >= 15 is 0 Å². The van der Waals surface area contributed by atoms with Crippen molar-refractivity contribution in [3.63, 3.8) is 0 Å². The molecule has 1 aromatic carbocycles. The van der Waals surface area contributed by atoms with E-state index < -0.39 is 6.10 Å². The van der Waals surface area contributed by atoms with Gasteiger partial charge in [-0.3, -0.25) is 0 Å². The molecule has 3 heteroatoms. The van der Waals surface area contributed by atoms with Crippen LogP contribution in [0.15, 0.2) is 35.2 Å². The normalized spacial score (nSPS) is 13.2. The van der Waals surface area contributed by atoms with Crippen LogP contribution in [0.1, 0.15) is 20.3 Å². The molecule has 1 atom stereocenters. The number of hydrogen-bond donors (Lipinski definition) is 1. The highest BCUT2D eigenvalue weighted by Crippen LogP contribution is 2.35. The van der Waals surface area contributed by atoms with Gasteiger partial charge in [-0.05, 0) is 26.0 Å². The molecule has 0 spiro atoms. The summed E-state index contributed by atoms with van der Waals surface area (Å²) in [5.74, 6) is 0. The van der Waals surface area contributed by atoms with E-state index in [1.54, 1.807) is 11.8 Å². The van der Waals surface area contributed by atoms with Crippen molar-refractivity contribution in [1.29, 1.82) is 5.26 Å². The number of aliphatic hydroxyl groups excluding tert-OH is 1. The Morgan fingerprint density at radius 2 is 2.00 bits per heavy atom. The molecule has 2 nitrogen and oxygen atoms in total. The molecule has 80 valence electrons. The summed E-state index contributed by atoms with van der Waals surface area (Å²) in [5.41, 5.74) is 0. The maximum atomic E-state index is 9.79. The van der Waals surface area contributed by atoms with Gasteiger partial charge in [-0.2, -0.15) is 5.26 Å². The van der Waals surface area contributed by atoms with E-state index in [0.29, 0.717) is 0 Å². The van der Waals surface area contributed by atoms with Crippen LogP contribution in [-0.2, 0) is 0 Å². The van der Waals surface area contributed by atoms with Gasteiger partial charge in [-0.1, -0.05) is 18.2 Å². The molecule has 0 fully saturated rings. The first kappa shape index (κ1) is 12.1. The highest BCUT2D eigenvalue weighted by molar-refractivity contribution is 8.00. The Morgan fingerprint density at radius 3 is 2.53 bits per heavy atom. The number of nitrogens with zero attached hydrogens (tertiary/aromatic N) is 1. The summed E-state index contributed by atoms with van der Waals surface area (Å²) in [6.45, 7) is 3.90. The van der Waals surface area contributed by atoms with Gasteiger partial charge in [-0.25, -0.2) is 0 Å². The molecule has 0 aromatic heterocycles. The third kappa shape index (κ3) is 3.58. The lowest BCUT2D eigenvalue weighted by Gasteiger charge is -2.28. The zero-order chi connectivity index (χ0) is 11.3. The van der Waals surface area contributed by atoms with E-state index in [-0.39, 0.29) is 11.2 Å². The standard InChI is InChI=1S/C12H15NOS/c1-12(2,11(14)8-9-13)15-10-6-4-3-5-7-10/h3-7,11,14H,8H2,1-2H3. The lowest BCUT2D eigenvalue weighted by Crippen LogP contribution is -2.32. The van der Waals surface area contributed by atoms with Crippen molar-refractivity contribution in [3.05, 3.63) is 30.3 Å². The average molecular weight is 221 g/mol. The van der Waals surface area contributed by atoms with E-state index in [1.807, 2.05) is 50.2 Å². The summed E-state index contributed by atoms with van der Waals surface area (Å²) < 4.78 is -0.336. The molecule has 1 rings (SSSR count). The molecule has 0 saturated heterocycles. The first-order chi connectivity index (χ1) is 7.06. The van der Waals surface area contributed by atoms with Crippen LogP contribution < -0.4 is 0 Å². The van der Waals surface area contributed by atoms with Gasteiger partial charge in [0.2, 0.25) is 0 Å². The second kappa shape index (κ2) is 5.20. The van der Waals surface area contributed by atoms with E-state index in [0.717, 1.165) is 4.90 Å². The number of hydrogen-bond acceptors (Lipinski definition) is 3. The zero-order valence-corrected chi connectivity index (χ0v) is 9.79. The lowest BCUT2D eigenvalue weighted by atomic mass is 10.0. The molecule has 0 aliphatic rings. The van der Waals surface area contributed by atoms with Crippen molar-refractivity contribution in [2.45, 2.75) is 36.0 Å². The SMILES string of the molecule is CC(C)(Sc1ccccc1)C(O)CC#N. The number of thioether (sulfide) groups is 1. The van der Waals surface area contributed by atoms with E-state index in [1.165, 1.54) is 0 Å². The van der Waals surface area contributed by atoms with Gasteiger partial charge in [-0.15, -0.1) is 11.8 Å². The quantitative estimate of drug-likeness (QED) is 0.795. The van der Waals surface area contributed by atoms with Crippen molar-refractivity contribution in [1.82, 2.24) is 0 Å². The number of aliphatic hydroxyl groups is 1. The number of rotatable bonds is 4. The topological polar surface area (TPSA) is 44.0 Å². The molecule has 0 bridgehead atoms. The molecule has 0 amide bonds. The molecule has 0 radical (unpaired) electrons. The van der Waals surface area contributed by atoms with Crippen LogP contribution in [0.25, 0.3) is 0 Å². The fourth-order valence-electron chi connectivity index (χ4n) is 1.19. The van der Waals surface area contributed by atoms with Gasteiger partial charge in [0.05, 0.1) is 18.6 Å². The largest absolute Gasteiger partial charge is 0.391 e. The summed E-state index contributed by atoms with van der Waals surface area (Å²) in [7, 11) is 0. The molecule has 1 aromatic rings. The van der Waals surface area contributed by atoms with Crippen molar-refractivity contribution < 1.29 is 5.11 Å². The number of nitriles is 1. The monoisotopic (exact) mass is 221 g/mol. The Balaban J connectivity index is 2.68. The van der Waals surface area contributed by atoms with E-state index in [4.69, 9.17) is 5.26 Å². The van der Waals surface area contributed by atoms with Gasteiger partial charge >= 0.3 is 0 Å². The van der Waals surface area contributed by atoms with Crippen molar-refractivity contribution in [2.75, 3.05) is 0 Å². The third-order valence-corrected chi connectivity index (χ3v) is 3.52. The predicted molar refractivity (Wildman–Crippen MR) is 62.6 cm³/mol. The maximum absolute atomic E-state index is 9.79. The van der Waals surface area contributed by atoms with Crippen LogP contribution in [0.4, 0.5) is 0 Å². The maximum Gasteiger partial charge on any atom is 0.0814 e. The van der Waals surface area contributed by atoms with Gasteiger partial charge in [0, 0.05) is 9.64 Å². The van der Waals surface area contributed by atoms with Gasteiger partial charge in [0.25, 0.3) is 0 Å².